The largest absolute Gasteiger partial charge is 0.487 e. The molecule has 4 fully saturated rings. The van der Waals surface area contributed by atoms with Crippen molar-refractivity contribution in [3.63, 3.8) is 0 Å². The Balaban J connectivity index is 0.000000119. The summed E-state index contributed by atoms with van der Waals surface area (Å²) in [5, 5.41) is 99.1. The SMILES string of the molecule is CC(F)(F)c1cc2c(c(OC3CC(n4cc(F)c5c(N)ccnc54)C(O)C3O)c1)CNCC2.Cc1cc2c(c(OC3CC(n4cc(F)c5c(N)ccnc54)[C@H](O)[C@@H]3O)c1)CNCC2.Nc1ccnc2c1c(F)cn2C1CC(Oc2cc(C(F)(F)F)cc3c2CNCC3)[C@@H](O)[C@H]1O.Nc1ccnc2c1c(F)cn2C1CC(Oc2cc(Cl)c(F)c3c2CNCC3)[C@@H](O)[C@H]1O. The van der Waals surface area contributed by atoms with Crippen LogP contribution in [0.2, 0.25) is 5.02 Å². The fourth-order valence-electron chi connectivity index (χ4n) is 19.0. The number of aliphatic hydroxyl groups excluding tert-OH is 8. The molecule has 4 saturated carbocycles. The first-order valence-electron chi connectivity index (χ1n) is 41.6. The zero-order valence-electron chi connectivity index (χ0n) is 68.3. The lowest BCUT2D eigenvalue weighted by atomic mass is 9.95. The van der Waals surface area contributed by atoms with Gasteiger partial charge in [0.1, 0.15) is 125 Å². The van der Waals surface area contributed by atoms with Crippen LogP contribution in [0.3, 0.4) is 0 Å². The number of halogens is 11. The molecule has 674 valence electrons. The smallest absolute Gasteiger partial charge is 0.416 e. The minimum absolute atomic E-state index is 0.00911. The van der Waals surface area contributed by atoms with Crippen molar-refractivity contribution in [2.24, 2.45) is 0 Å². The van der Waals surface area contributed by atoms with Crippen LogP contribution in [0.15, 0.2) is 116 Å². The highest BCUT2D eigenvalue weighted by Gasteiger charge is 2.50. The van der Waals surface area contributed by atoms with Crippen molar-refractivity contribution in [2.75, 3.05) is 49.1 Å². The summed E-state index contributed by atoms with van der Waals surface area (Å²) >= 11 is 6.06. The Kier molecular flexibility index (Phi) is 24.3. The van der Waals surface area contributed by atoms with Gasteiger partial charge in [0.2, 0.25) is 0 Å². The van der Waals surface area contributed by atoms with Gasteiger partial charge in [-0.3, -0.25) is 0 Å². The van der Waals surface area contributed by atoms with E-state index in [1.54, 1.807) is 4.57 Å². The Bertz CT molecular complexity index is 5990. The molecule has 20 N–H and O–H groups in total. The van der Waals surface area contributed by atoms with E-state index in [0.29, 0.717) is 105 Å². The third kappa shape index (κ3) is 16.7. The van der Waals surface area contributed by atoms with Crippen LogP contribution in [0.4, 0.5) is 66.7 Å². The van der Waals surface area contributed by atoms with Gasteiger partial charge < -0.3 is 122 Å². The summed E-state index contributed by atoms with van der Waals surface area (Å²) in [6.45, 7) is 7.49. The Labute approximate surface area is 723 Å². The van der Waals surface area contributed by atoms with E-state index in [-0.39, 0.29) is 103 Å². The number of aromatic nitrogens is 8. The number of hydrogen-bond donors (Lipinski definition) is 16. The Morgan fingerprint density at radius 3 is 1.01 bits per heavy atom. The maximum Gasteiger partial charge on any atom is 0.416 e. The molecule has 12 heterocycles. The van der Waals surface area contributed by atoms with Gasteiger partial charge >= 0.3 is 6.18 Å². The van der Waals surface area contributed by atoms with Crippen LogP contribution < -0.4 is 63.1 Å². The number of pyridine rings is 4. The van der Waals surface area contributed by atoms with Crippen molar-refractivity contribution < 1.29 is 104 Å². The predicted octanol–water partition coefficient (Wildman–Crippen LogP) is 9.30. The second kappa shape index (κ2) is 35.0. The van der Waals surface area contributed by atoms with Crippen molar-refractivity contribution in [1.29, 1.82) is 0 Å². The zero-order chi connectivity index (χ0) is 89.8. The minimum atomic E-state index is -4.55. The molecule has 0 spiro atoms. The molecule has 4 aliphatic heterocycles. The zero-order valence-corrected chi connectivity index (χ0v) is 69.0. The predicted molar refractivity (Wildman–Crippen MR) is 448 cm³/mol. The van der Waals surface area contributed by atoms with E-state index in [1.807, 2.05) is 13.0 Å². The van der Waals surface area contributed by atoms with E-state index in [1.165, 1.54) is 105 Å². The van der Waals surface area contributed by atoms with E-state index in [4.69, 9.17) is 53.5 Å². The third-order valence-electron chi connectivity index (χ3n) is 25.5. The molecule has 0 bridgehead atoms. The monoisotopic (exact) mass is 1790 g/mol. The molecule has 16 atom stereocenters. The molecule has 0 saturated heterocycles. The Hall–Kier alpha value is -10.9. The normalized spacial score (nSPS) is 25.6. The summed E-state index contributed by atoms with van der Waals surface area (Å²) in [5.41, 5.74) is 31.7. The maximum absolute atomic E-state index is 14.5. The van der Waals surface area contributed by atoms with Gasteiger partial charge in [0.05, 0.1) is 56.3 Å². The number of benzene rings is 4. The van der Waals surface area contributed by atoms with Gasteiger partial charge in [-0.1, -0.05) is 17.7 Å². The van der Waals surface area contributed by atoms with Gasteiger partial charge in [0.15, 0.2) is 23.3 Å². The van der Waals surface area contributed by atoms with E-state index < -0.39 is 144 Å². The van der Waals surface area contributed by atoms with Crippen molar-refractivity contribution in [2.45, 2.75) is 201 Å². The lowest BCUT2D eigenvalue weighted by molar-refractivity contribution is -0.137. The second-order valence-corrected chi connectivity index (χ2v) is 33.9. The first kappa shape index (κ1) is 88.2. The molecule has 39 heteroatoms. The number of anilines is 4. The molecule has 12 aromatic rings. The molecule has 0 radical (unpaired) electrons. The standard InChI is InChI=1S/C23H25F3N4O3.C22H22F4N4O3.C22H25FN4O3.C21H21ClF2N4O3/c1-23(25,26)12-6-11-2-4-28-9-13(11)17(7-12)33-18-8-16(20(31)21(18)32)30-10-14(24)19-15(27)3-5-29-22(19)30;23-13-9-30(21-18(13)14(27)2-4-29-21)15-7-17(20(32)19(15)31)33-16-6-11(22(24,25)26)5-10-1-3-28-8-12(10)16;1-11-6-12-2-4-25-9-13(12)17(7-11)30-18-8-16(20(28)21(18)29)27-10-14(23)19-15(24)3-5-26-22(19)27;22-11-5-15(10-7-26-3-1-9(10)18(11)24)31-16-6-14(19(29)20(16)30)28-8-12(23)17-13(25)2-4-27-21(17)28/h3,5-7,10,16,18,20-21,28,31-32H,2,4,8-9H2,1H3,(H2,27,29);2,4-6,9,15,17,19-20,28,31-32H,1,3,7-8H2,(H2,27,29);3,5-7,10,16,18,20-21,25,28-29H,2,4,8-9H2,1H3,(H2,24,26);2,4-5,8,14,16,19-20,26,29-30H,1,3,6-7H2,(H2,25,27)/t;15?,17?,19-,20+;16?,18?,20-,21+;14?,16?,19-,20+/m.000/s1. The Morgan fingerprint density at radius 1 is 0.386 bits per heavy atom. The summed E-state index contributed by atoms with van der Waals surface area (Å²) in [6, 6.07) is 13.5. The van der Waals surface area contributed by atoms with E-state index >= 15 is 0 Å². The number of alkyl halides is 5. The topological polar surface area (TPSA) is 422 Å². The van der Waals surface area contributed by atoms with Gasteiger partial charge in [-0.2, -0.15) is 13.2 Å². The molecule has 8 aliphatic rings. The summed E-state index contributed by atoms with van der Waals surface area (Å²) in [7, 11) is 0. The third-order valence-corrected chi connectivity index (χ3v) is 25.8. The van der Waals surface area contributed by atoms with E-state index in [0.717, 1.165) is 66.2 Å². The van der Waals surface area contributed by atoms with Crippen LogP contribution in [0.25, 0.3) is 44.1 Å². The quantitative estimate of drug-likeness (QED) is 0.0478. The summed E-state index contributed by atoms with van der Waals surface area (Å²) in [5.74, 6) is -4.45. The Morgan fingerprint density at radius 2 is 0.677 bits per heavy atom. The summed E-state index contributed by atoms with van der Waals surface area (Å²) < 4.78 is 171. The van der Waals surface area contributed by atoms with E-state index in [9.17, 15) is 84.8 Å². The van der Waals surface area contributed by atoms with Gasteiger partial charge in [0.25, 0.3) is 5.92 Å². The van der Waals surface area contributed by atoms with Crippen LogP contribution in [-0.4, -0.2) is 178 Å². The lowest BCUT2D eigenvalue weighted by Crippen LogP contribution is -2.35. The molecule has 4 aromatic carbocycles. The number of hydrogen-bond acceptors (Lipinski definition) is 24. The number of fused-ring (bicyclic) bond motifs is 8. The maximum atomic E-state index is 14.5. The molecule has 8 aromatic heterocycles. The lowest BCUT2D eigenvalue weighted by Gasteiger charge is -2.26. The van der Waals surface area contributed by atoms with Crippen LogP contribution >= 0.6 is 11.6 Å². The number of nitrogens with zero attached hydrogens (tertiary/aromatic N) is 8. The second-order valence-electron chi connectivity index (χ2n) is 33.5. The number of nitrogens with two attached hydrogens (primary N) is 4. The molecular formula is C88H93ClF10N16O12. The fourth-order valence-corrected chi connectivity index (χ4v) is 19.2. The first-order valence-corrected chi connectivity index (χ1v) is 41.9. The van der Waals surface area contributed by atoms with Crippen molar-refractivity contribution in [3.8, 4) is 23.0 Å². The molecular weight excluding hydrogens is 1700 g/mol. The van der Waals surface area contributed by atoms with Crippen molar-refractivity contribution >= 4 is 78.5 Å². The summed E-state index contributed by atoms with van der Waals surface area (Å²) in [6.07, 6.45) is -4.26. The first-order chi connectivity index (χ1) is 60.6. The van der Waals surface area contributed by atoms with Crippen molar-refractivity contribution in [1.82, 2.24) is 59.5 Å². The highest BCUT2D eigenvalue weighted by molar-refractivity contribution is 6.31. The van der Waals surface area contributed by atoms with Crippen LogP contribution in [0.1, 0.15) is 118 Å². The summed E-state index contributed by atoms with van der Waals surface area (Å²) in [4.78, 5) is 16.8. The average Bonchev–Trinajstić information content (AvgIpc) is 1.63. The number of aliphatic hydroxyl groups is 8. The number of aryl methyl sites for hydroxylation is 1. The molecule has 4 aliphatic carbocycles. The van der Waals surface area contributed by atoms with Gasteiger partial charge in [0, 0.05) is 165 Å². The van der Waals surface area contributed by atoms with Gasteiger partial charge in [-0.25, -0.2) is 50.7 Å². The van der Waals surface area contributed by atoms with Crippen LogP contribution in [0, 0.1) is 36.0 Å². The number of ether oxygens (including phenoxy) is 4. The van der Waals surface area contributed by atoms with Crippen LogP contribution in [-0.2, 0) is 64.0 Å². The molecule has 28 nitrogen and oxygen atoms in total. The van der Waals surface area contributed by atoms with Gasteiger partial charge in [-0.15, -0.1) is 0 Å². The average molecular weight is 1790 g/mol. The molecule has 0 amide bonds. The van der Waals surface area contributed by atoms with Crippen molar-refractivity contribution in [3.05, 3.63) is 212 Å². The number of nitrogen functional groups attached to an aromatic ring is 4. The molecule has 127 heavy (non-hydrogen) atoms. The fraction of sp³-hybridized carbons (Fsp3) is 0.409. The van der Waals surface area contributed by atoms with Gasteiger partial charge in [-0.05, 0) is 141 Å². The number of rotatable bonds is 13. The van der Waals surface area contributed by atoms with Crippen LogP contribution in [0.5, 0.6) is 23.0 Å². The molecule has 20 rings (SSSR count). The molecule has 10 unspecified atom stereocenters. The highest BCUT2D eigenvalue weighted by atomic mass is 35.5. The number of nitrogens with one attached hydrogen (secondary N) is 4. The minimum Gasteiger partial charge on any atom is -0.487 e. The van der Waals surface area contributed by atoms with E-state index in [2.05, 4.69) is 47.3 Å². The highest BCUT2D eigenvalue weighted by Crippen LogP contribution is 2.47.